The lowest BCUT2D eigenvalue weighted by molar-refractivity contribution is 0.000944. The normalized spacial score (nSPS) is 26.0. The minimum Gasteiger partial charge on any atom is -0.387 e. The number of nitrogens with zero attached hydrogens (tertiary/aromatic N) is 1. The summed E-state index contributed by atoms with van der Waals surface area (Å²) in [5.74, 6) is 1.25. The average Bonchev–Trinajstić information content (AvgIpc) is 2.47. The second kappa shape index (κ2) is 7.42. The first-order valence-corrected chi connectivity index (χ1v) is 8.45. The Morgan fingerprint density at radius 2 is 1.81 bits per heavy atom. The van der Waals surface area contributed by atoms with E-state index in [1.54, 1.807) is 0 Å². The van der Waals surface area contributed by atoms with Crippen molar-refractivity contribution in [2.75, 3.05) is 7.05 Å². The third-order valence-electron chi connectivity index (χ3n) is 5.10. The van der Waals surface area contributed by atoms with Gasteiger partial charge in [-0.2, -0.15) is 0 Å². The van der Waals surface area contributed by atoms with Crippen molar-refractivity contribution in [2.24, 2.45) is 11.8 Å². The van der Waals surface area contributed by atoms with Gasteiger partial charge in [0.15, 0.2) is 0 Å². The summed E-state index contributed by atoms with van der Waals surface area (Å²) in [6.45, 7) is 6.80. The third kappa shape index (κ3) is 4.08. The zero-order valence-corrected chi connectivity index (χ0v) is 14.0. The van der Waals surface area contributed by atoms with Crippen molar-refractivity contribution in [1.82, 2.24) is 4.90 Å². The smallest absolute Gasteiger partial charge is 0.0947 e. The van der Waals surface area contributed by atoms with Gasteiger partial charge in [-0.1, -0.05) is 63.9 Å². The molecular weight excluding hydrogens is 258 g/mol. The molecule has 118 valence electrons. The summed E-state index contributed by atoms with van der Waals surface area (Å²) in [5.41, 5.74) is 1.03. The molecule has 0 radical (unpaired) electrons. The van der Waals surface area contributed by atoms with Gasteiger partial charge in [0.05, 0.1) is 6.10 Å². The van der Waals surface area contributed by atoms with Crippen molar-refractivity contribution in [3.8, 4) is 0 Å². The quantitative estimate of drug-likeness (QED) is 0.875. The summed E-state index contributed by atoms with van der Waals surface area (Å²) >= 11 is 0. The highest BCUT2D eigenvalue weighted by Crippen LogP contribution is 2.33. The Balaban J connectivity index is 2.14. The molecule has 4 unspecified atom stereocenters. The summed E-state index contributed by atoms with van der Waals surface area (Å²) in [4.78, 5) is 2.46. The molecule has 0 aromatic heterocycles. The van der Waals surface area contributed by atoms with Gasteiger partial charge in [0, 0.05) is 12.1 Å². The molecule has 1 aliphatic rings. The molecular formula is C19H31NO. The maximum Gasteiger partial charge on any atom is 0.0947 e. The second-order valence-electron chi connectivity index (χ2n) is 7.18. The van der Waals surface area contributed by atoms with E-state index in [-0.39, 0.29) is 6.04 Å². The molecule has 0 saturated heterocycles. The van der Waals surface area contributed by atoms with Crippen LogP contribution in [0.5, 0.6) is 0 Å². The van der Waals surface area contributed by atoms with Crippen molar-refractivity contribution in [3.05, 3.63) is 35.9 Å². The van der Waals surface area contributed by atoms with Gasteiger partial charge in [0.1, 0.15) is 0 Å². The fourth-order valence-corrected chi connectivity index (χ4v) is 3.92. The van der Waals surface area contributed by atoms with Crippen LogP contribution in [0.4, 0.5) is 0 Å². The Bertz CT molecular complexity index is 417. The zero-order valence-electron chi connectivity index (χ0n) is 14.0. The highest BCUT2D eigenvalue weighted by Gasteiger charge is 2.33. The van der Waals surface area contributed by atoms with E-state index in [0.717, 1.165) is 11.5 Å². The average molecular weight is 289 g/mol. The Labute approximate surface area is 130 Å². The molecule has 0 amide bonds. The fraction of sp³-hybridized carbons (Fsp3) is 0.684. The number of aliphatic hydroxyl groups excluding tert-OH is 1. The minimum absolute atomic E-state index is 0.183. The van der Waals surface area contributed by atoms with Gasteiger partial charge in [-0.3, -0.25) is 4.90 Å². The van der Waals surface area contributed by atoms with Crippen LogP contribution in [0, 0.1) is 11.8 Å². The molecule has 0 spiro atoms. The summed E-state index contributed by atoms with van der Waals surface area (Å²) in [7, 11) is 2.21. The monoisotopic (exact) mass is 289 g/mol. The Morgan fingerprint density at radius 3 is 2.38 bits per heavy atom. The van der Waals surface area contributed by atoms with Gasteiger partial charge in [0.25, 0.3) is 0 Å². The van der Waals surface area contributed by atoms with E-state index < -0.39 is 6.10 Å². The van der Waals surface area contributed by atoms with Gasteiger partial charge in [-0.05, 0) is 37.3 Å². The van der Waals surface area contributed by atoms with E-state index in [2.05, 4.69) is 32.7 Å². The molecule has 1 aromatic carbocycles. The topological polar surface area (TPSA) is 23.5 Å². The Kier molecular flexibility index (Phi) is 5.83. The second-order valence-corrected chi connectivity index (χ2v) is 7.18. The first kappa shape index (κ1) is 16.5. The minimum atomic E-state index is -0.409. The molecule has 1 fully saturated rings. The molecule has 21 heavy (non-hydrogen) atoms. The maximum atomic E-state index is 10.9. The molecule has 2 nitrogen and oxygen atoms in total. The lowest BCUT2D eigenvalue weighted by Gasteiger charge is -2.42. The van der Waals surface area contributed by atoms with E-state index in [0.29, 0.717) is 12.0 Å². The number of hydrogen-bond acceptors (Lipinski definition) is 2. The van der Waals surface area contributed by atoms with Crippen LogP contribution in [-0.2, 0) is 0 Å². The van der Waals surface area contributed by atoms with Crippen LogP contribution in [0.25, 0.3) is 0 Å². The van der Waals surface area contributed by atoms with Crippen LogP contribution in [0.1, 0.15) is 58.1 Å². The van der Waals surface area contributed by atoms with Crippen molar-refractivity contribution in [1.29, 1.82) is 0 Å². The number of rotatable bonds is 5. The Hall–Kier alpha value is -0.860. The zero-order chi connectivity index (χ0) is 15.4. The number of likely N-dealkylation sites (N-methyl/N-ethyl adjacent to an activating group) is 1. The van der Waals surface area contributed by atoms with Crippen molar-refractivity contribution in [2.45, 2.75) is 64.6 Å². The standard InChI is InChI=1S/C19H31NO/c1-14(2)18(19(21)16-10-6-5-7-11-16)20(4)17-12-8-9-15(3)13-17/h5-7,10-11,14-15,17-19,21H,8-9,12-13H2,1-4H3. The molecule has 2 heteroatoms. The van der Waals surface area contributed by atoms with Crippen LogP contribution in [0.3, 0.4) is 0 Å². The predicted molar refractivity (Wildman–Crippen MR) is 89.2 cm³/mol. The lowest BCUT2D eigenvalue weighted by atomic mass is 9.83. The number of aliphatic hydroxyl groups is 1. The first-order chi connectivity index (χ1) is 10.0. The van der Waals surface area contributed by atoms with Crippen LogP contribution >= 0.6 is 0 Å². The first-order valence-electron chi connectivity index (χ1n) is 8.45. The van der Waals surface area contributed by atoms with Gasteiger partial charge in [-0.25, -0.2) is 0 Å². The van der Waals surface area contributed by atoms with E-state index in [4.69, 9.17) is 0 Å². The van der Waals surface area contributed by atoms with Gasteiger partial charge >= 0.3 is 0 Å². The molecule has 1 aliphatic carbocycles. The molecule has 2 rings (SSSR count). The highest BCUT2D eigenvalue weighted by atomic mass is 16.3. The van der Waals surface area contributed by atoms with Crippen molar-refractivity contribution >= 4 is 0 Å². The fourth-order valence-electron chi connectivity index (χ4n) is 3.92. The summed E-state index contributed by atoms with van der Waals surface area (Å²) in [5, 5.41) is 10.9. The van der Waals surface area contributed by atoms with Gasteiger partial charge in [-0.15, -0.1) is 0 Å². The van der Waals surface area contributed by atoms with Crippen molar-refractivity contribution < 1.29 is 5.11 Å². The highest BCUT2D eigenvalue weighted by molar-refractivity contribution is 5.19. The molecule has 0 heterocycles. The number of benzene rings is 1. The van der Waals surface area contributed by atoms with Crippen LogP contribution in [0.15, 0.2) is 30.3 Å². The van der Waals surface area contributed by atoms with E-state index in [9.17, 15) is 5.11 Å². The molecule has 1 saturated carbocycles. The molecule has 4 atom stereocenters. The summed E-state index contributed by atoms with van der Waals surface area (Å²) in [6.07, 6.45) is 4.81. The molecule has 0 bridgehead atoms. The lowest BCUT2D eigenvalue weighted by Crippen LogP contribution is -2.48. The van der Waals surface area contributed by atoms with Crippen molar-refractivity contribution in [3.63, 3.8) is 0 Å². The van der Waals surface area contributed by atoms with Crippen LogP contribution in [0.2, 0.25) is 0 Å². The Morgan fingerprint density at radius 1 is 1.14 bits per heavy atom. The third-order valence-corrected chi connectivity index (χ3v) is 5.10. The SMILES string of the molecule is CC1CCCC(N(C)C(C(C)C)C(O)c2ccccc2)C1. The van der Waals surface area contributed by atoms with E-state index >= 15 is 0 Å². The van der Waals surface area contributed by atoms with E-state index in [1.165, 1.54) is 25.7 Å². The molecule has 1 aromatic rings. The molecule has 0 aliphatic heterocycles. The summed E-state index contributed by atoms with van der Waals surface area (Å²) < 4.78 is 0. The van der Waals surface area contributed by atoms with Crippen LogP contribution in [-0.4, -0.2) is 29.1 Å². The maximum absolute atomic E-state index is 10.9. The predicted octanol–water partition coefficient (Wildman–Crippen LogP) is 4.26. The summed E-state index contributed by atoms with van der Waals surface area (Å²) in [6, 6.07) is 10.9. The molecule has 1 N–H and O–H groups in total. The number of hydrogen-bond donors (Lipinski definition) is 1. The van der Waals surface area contributed by atoms with Gasteiger partial charge < -0.3 is 5.11 Å². The largest absolute Gasteiger partial charge is 0.387 e. The van der Waals surface area contributed by atoms with Crippen LogP contribution < -0.4 is 0 Å². The van der Waals surface area contributed by atoms with Gasteiger partial charge in [0.2, 0.25) is 0 Å². The van der Waals surface area contributed by atoms with E-state index in [1.807, 2.05) is 30.3 Å².